The van der Waals surface area contributed by atoms with Crippen LogP contribution in [0.4, 0.5) is 0 Å². The monoisotopic (exact) mass is 315 g/mol. The van der Waals surface area contributed by atoms with Gasteiger partial charge in [0.1, 0.15) is 11.4 Å². The lowest BCUT2D eigenvalue weighted by Gasteiger charge is -2.27. The van der Waals surface area contributed by atoms with E-state index in [1.807, 2.05) is 24.3 Å². The van der Waals surface area contributed by atoms with Gasteiger partial charge >= 0.3 is 5.97 Å². The molecule has 0 saturated heterocycles. The summed E-state index contributed by atoms with van der Waals surface area (Å²) in [5.41, 5.74) is 1.27. The van der Waals surface area contributed by atoms with Crippen molar-refractivity contribution in [3.63, 3.8) is 0 Å². The molecule has 0 spiro atoms. The number of carbonyl (C=O) groups excluding carboxylic acids is 1. The molecule has 0 fully saturated rings. The van der Waals surface area contributed by atoms with Gasteiger partial charge in [-0.25, -0.2) is 4.79 Å². The summed E-state index contributed by atoms with van der Waals surface area (Å²) >= 11 is 0. The average Bonchev–Trinajstić information content (AvgIpc) is 3.00. The Hall–Kier alpha value is -2.83. The highest BCUT2D eigenvalue weighted by atomic mass is 16.5. The maximum atomic E-state index is 12.5. The van der Waals surface area contributed by atoms with Crippen LogP contribution in [-0.4, -0.2) is 51.9 Å². The SMILES string of the molecule is COc1ccccc1CCN1CCn2nc(C(=O)O)cc2C1=O. The van der Waals surface area contributed by atoms with Crippen LogP contribution in [0.25, 0.3) is 0 Å². The number of carboxylic acid groups (broad SMARTS) is 1. The van der Waals surface area contributed by atoms with Gasteiger partial charge in [-0.15, -0.1) is 0 Å². The normalized spacial score (nSPS) is 13.8. The maximum Gasteiger partial charge on any atom is 0.356 e. The van der Waals surface area contributed by atoms with Crippen LogP contribution in [0.3, 0.4) is 0 Å². The number of methoxy groups -OCH3 is 1. The van der Waals surface area contributed by atoms with E-state index in [0.717, 1.165) is 11.3 Å². The molecule has 1 aliphatic heterocycles. The summed E-state index contributed by atoms with van der Waals surface area (Å²) in [4.78, 5) is 25.2. The summed E-state index contributed by atoms with van der Waals surface area (Å²) in [5, 5.41) is 12.9. The Morgan fingerprint density at radius 1 is 1.35 bits per heavy atom. The predicted octanol–water partition coefficient (Wildman–Crippen LogP) is 1.29. The molecule has 0 saturated carbocycles. The molecule has 0 atom stereocenters. The van der Waals surface area contributed by atoms with Gasteiger partial charge in [-0.1, -0.05) is 18.2 Å². The number of carbonyl (C=O) groups is 2. The average molecular weight is 315 g/mol. The molecule has 1 N–H and O–H groups in total. The molecule has 0 unspecified atom stereocenters. The highest BCUT2D eigenvalue weighted by Gasteiger charge is 2.27. The van der Waals surface area contributed by atoms with E-state index in [-0.39, 0.29) is 11.6 Å². The fraction of sp³-hybridized carbons (Fsp3) is 0.312. The smallest absolute Gasteiger partial charge is 0.356 e. The Morgan fingerprint density at radius 3 is 2.87 bits per heavy atom. The number of para-hydroxylation sites is 1. The number of hydrogen-bond acceptors (Lipinski definition) is 4. The quantitative estimate of drug-likeness (QED) is 0.898. The number of aromatic nitrogens is 2. The number of fused-ring (bicyclic) bond motifs is 1. The number of nitrogens with zero attached hydrogens (tertiary/aromatic N) is 3. The number of aromatic carboxylic acids is 1. The van der Waals surface area contributed by atoms with Gasteiger partial charge in [-0.2, -0.15) is 5.10 Å². The summed E-state index contributed by atoms with van der Waals surface area (Å²) < 4.78 is 6.78. The summed E-state index contributed by atoms with van der Waals surface area (Å²) in [5.74, 6) is -0.512. The second-order valence-corrected chi connectivity index (χ2v) is 5.30. The van der Waals surface area contributed by atoms with E-state index in [1.54, 1.807) is 12.0 Å². The van der Waals surface area contributed by atoms with Gasteiger partial charge in [0.2, 0.25) is 0 Å². The molecule has 7 nitrogen and oxygen atoms in total. The molecule has 1 aromatic carbocycles. The Kier molecular flexibility index (Phi) is 4.01. The van der Waals surface area contributed by atoms with Crippen LogP contribution >= 0.6 is 0 Å². The van der Waals surface area contributed by atoms with Crippen molar-refractivity contribution in [3.05, 3.63) is 47.3 Å². The van der Waals surface area contributed by atoms with Crippen LogP contribution in [0.2, 0.25) is 0 Å². The van der Waals surface area contributed by atoms with Gasteiger partial charge in [0.15, 0.2) is 5.69 Å². The summed E-state index contributed by atoms with van der Waals surface area (Å²) in [6.45, 7) is 1.56. The topological polar surface area (TPSA) is 84.7 Å². The molecule has 120 valence electrons. The lowest BCUT2D eigenvalue weighted by Crippen LogP contribution is -2.41. The third-order valence-electron chi connectivity index (χ3n) is 3.93. The number of ether oxygens (including phenoxy) is 1. The van der Waals surface area contributed by atoms with Crippen LogP contribution in [0.15, 0.2) is 30.3 Å². The van der Waals surface area contributed by atoms with Crippen molar-refractivity contribution >= 4 is 11.9 Å². The van der Waals surface area contributed by atoms with Gasteiger partial charge in [0.05, 0.1) is 13.7 Å². The van der Waals surface area contributed by atoms with Crippen molar-refractivity contribution in [3.8, 4) is 5.75 Å². The van der Waals surface area contributed by atoms with Crippen molar-refractivity contribution < 1.29 is 19.4 Å². The number of amides is 1. The first-order valence-electron chi connectivity index (χ1n) is 7.32. The van der Waals surface area contributed by atoms with Crippen molar-refractivity contribution in [2.45, 2.75) is 13.0 Å². The number of rotatable bonds is 5. The first-order valence-corrected chi connectivity index (χ1v) is 7.32. The van der Waals surface area contributed by atoms with Crippen molar-refractivity contribution in [1.29, 1.82) is 0 Å². The molecule has 7 heteroatoms. The minimum Gasteiger partial charge on any atom is -0.496 e. The lowest BCUT2D eigenvalue weighted by molar-refractivity contribution is 0.0678. The summed E-state index contributed by atoms with van der Waals surface area (Å²) in [7, 11) is 1.62. The molecule has 1 amide bonds. The molecule has 1 aliphatic rings. The Bertz CT molecular complexity index is 754. The van der Waals surface area contributed by atoms with Crippen molar-refractivity contribution in [1.82, 2.24) is 14.7 Å². The highest BCUT2D eigenvalue weighted by Crippen LogP contribution is 2.19. The standard InChI is InChI=1S/C16H17N3O4/c1-23-14-5-3-2-4-11(14)6-7-18-8-9-19-13(15(18)20)10-12(17-19)16(21)22/h2-5,10H,6-9H2,1H3,(H,21,22). The first kappa shape index (κ1) is 15.1. The van der Waals surface area contributed by atoms with Crippen LogP contribution < -0.4 is 4.74 Å². The van der Waals surface area contributed by atoms with Gasteiger partial charge in [-0.3, -0.25) is 9.48 Å². The highest BCUT2D eigenvalue weighted by molar-refractivity contribution is 5.96. The van der Waals surface area contributed by atoms with Gasteiger partial charge in [-0.05, 0) is 18.1 Å². The Labute approximate surface area is 133 Å². The minimum atomic E-state index is -1.12. The summed E-state index contributed by atoms with van der Waals surface area (Å²) in [6.07, 6.45) is 0.676. The van der Waals surface area contributed by atoms with E-state index >= 15 is 0 Å². The molecule has 0 aliphatic carbocycles. The van der Waals surface area contributed by atoms with Gasteiger partial charge in [0, 0.05) is 19.2 Å². The Morgan fingerprint density at radius 2 is 2.13 bits per heavy atom. The molecule has 3 rings (SSSR count). The first-order chi connectivity index (χ1) is 11.1. The van der Waals surface area contributed by atoms with Gasteiger partial charge in [0.25, 0.3) is 5.91 Å². The third-order valence-corrected chi connectivity index (χ3v) is 3.93. The molecule has 0 radical (unpaired) electrons. The fourth-order valence-corrected chi connectivity index (χ4v) is 2.72. The fourth-order valence-electron chi connectivity index (χ4n) is 2.72. The number of hydrogen-bond donors (Lipinski definition) is 1. The second kappa shape index (κ2) is 6.12. The molecule has 23 heavy (non-hydrogen) atoms. The van der Waals surface area contributed by atoms with Gasteiger partial charge < -0.3 is 14.7 Å². The van der Waals surface area contributed by atoms with E-state index in [1.165, 1.54) is 10.7 Å². The minimum absolute atomic E-state index is 0.0973. The molecular weight excluding hydrogens is 298 g/mol. The second-order valence-electron chi connectivity index (χ2n) is 5.30. The Balaban J connectivity index is 1.72. The van der Waals surface area contributed by atoms with Crippen LogP contribution in [0.1, 0.15) is 26.5 Å². The zero-order valence-electron chi connectivity index (χ0n) is 12.7. The van der Waals surface area contributed by atoms with E-state index < -0.39 is 5.97 Å². The molecule has 2 heterocycles. The third kappa shape index (κ3) is 2.90. The molecule has 1 aromatic heterocycles. The van der Waals surface area contributed by atoms with Crippen LogP contribution in [-0.2, 0) is 13.0 Å². The van der Waals surface area contributed by atoms with E-state index in [4.69, 9.17) is 9.84 Å². The zero-order valence-corrected chi connectivity index (χ0v) is 12.7. The van der Waals surface area contributed by atoms with Crippen molar-refractivity contribution in [2.75, 3.05) is 20.2 Å². The van der Waals surface area contributed by atoms with Crippen LogP contribution in [0.5, 0.6) is 5.75 Å². The summed E-state index contributed by atoms with van der Waals surface area (Å²) in [6, 6.07) is 9.03. The maximum absolute atomic E-state index is 12.5. The number of benzene rings is 1. The van der Waals surface area contributed by atoms with E-state index in [9.17, 15) is 9.59 Å². The predicted molar refractivity (Wildman–Crippen MR) is 81.8 cm³/mol. The lowest BCUT2D eigenvalue weighted by atomic mass is 10.1. The number of carboxylic acids is 1. The molecular formula is C16H17N3O4. The molecule has 2 aromatic rings. The zero-order chi connectivity index (χ0) is 16.4. The van der Waals surface area contributed by atoms with E-state index in [0.29, 0.717) is 31.7 Å². The largest absolute Gasteiger partial charge is 0.496 e. The molecule has 0 bridgehead atoms. The van der Waals surface area contributed by atoms with E-state index in [2.05, 4.69) is 5.10 Å². The van der Waals surface area contributed by atoms with Crippen molar-refractivity contribution in [2.24, 2.45) is 0 Å². The van der Waals surface area contributed by atoms with Crippen LogP contribution in [0, 0.1) is 0 Å².